The molecule has 20 heavy (non-hydrogen) atoms. The second-order valence-corrected chi connectivity index (χ2v) is 5.86. The Morgan fingerprint density at radius 1 is 1.20 bits per heavy atom. The summed E-state index contributed by atoms with van der Waals surface area (Å²) >= 11 is 0. The highest BCUT2D eigenvalue weighted by Gasteiger charge is 2.15. The number of rotatable bonds is 7. The molecule has 0 aliphatic heterocycles. The van der Waals surface area contributed by atoms with Crippen molar-refractivity contribution in [2.75, 3.05) is 26.8 Å². The van der Waals surface area contributed by atoms with E-state index in [1.54, 1.807) is 0 Å². The Kier molecular flexibility index (Phi) is 6.68. The third-order valence-corrected chi connectivity index (χ3v) is 2.55. The van der Waals surface area contributed by atoms with E-state index in [0.717, 1.165) is 13.1 Å². The lowest BCUT2D eigenvalue weighted by Crippen LogP contribution is -2.28. The number of hydrogen-bond donors (Lipinski definition) is 0. The average molecular weight is 279 g/mol. The van der Waals surface area contributed by atoms with E-state index in [1.165, 1.54) is 5.56 Å². The Balaban J connectivity index is 2.13. The smallest absolute Gasteiger partial charge is 0.332 e. The molecule has 4 heteroatoms. The minimum absolute atomic E-state index is 0.0104. The fourth-order valence-electron chi connectivity index (χ4n) is 1.72. The predicted octanol–water partition coefficient (Wildman–Crippen LogP) is 2.48. The standard InChI is InChI=1S/C16H25NO3/c1-16(2,3)20-15(18)13-19-11-10-17(4)12-14-8-6-5-7-9-14/h5-9H,10-13H2,1-4H3. The predicted molar refractivity (Wildman–Crippen MR) is 79.4 cm³/mol. The first-order chi connectivity index (χ1) is 9.37. The molecule has 0 atom stereocenters. The molecule has 0 aliphatic rings. The van der Waals surface area contributed by atoms with E-state index in [1.807, 2.05) is 46.0 Å². The fourth-order valence-corrected chi connectivity index (χ4v) is 1.72. The quantitative estimate of drug-likeness (QED) is 0.568. The minimum Gasteiger partial charge on any atom is -0.458 e. The molecule has 0 N–H and O–H groups in total. The van der Waals surface area contributed by atoms with Crippen LogP contribution in [0.4, 0.5) is 0 Å². The Hall–Kier alpha value is -1.39. The highest BCUT2D eigenvalue weighted by molar-refractivity contribution is 5.71. The number of carbonyl (C=O) groups excluding carboxylic acids is 1. The molecule has 1 aromatic rings. The van der Waals surface area contributed by atoms with Crippen LogP contribution in [0.3, 0.4) is 0 Å². The highest BCUT2D eigenvalue weighted by Crippen LogP contribution is 2.07. The van der Waals surface area contributed by atoms with Crippen LogP contribution >= 0.6 is 0 Å². The number of hydrogen-bond acceptors (Lipinski definition) is 4. The van der Waals surface area contributed by atoms with E-state index in [-0.39, 0.29) is 12.6 Å². The molecule has 0 radical (unpaired) electrons. The molecule has 0 heterocycles. The van der Waals surface area contributed by atoms with Crippen LogP contribution in [0.5, 0.6) is 0 Å². The second-order valence-electron chi connectivity index (χ2n) is 5.86. The van der Waals surface area contributed by atoms with Crippen LogP contribution in [0.25, 0.3) is 0 Å². The lowest BCUT2D eigenvalue weighted by molar-refractivity contribution is -0.160. The van der Waals surface area contributed by atoms with Gasteiger partial charge in [0.2, 0.25) is 0 Å². The van der Waals surface area contributed by atoms with Crippen LogP contribution in [0.2, 0.25) is 0 Å². The molecule has 4 nitrogen and oxygen atoms in total. The summed E-state index contributed by atoms with van der Waals surface area (Å²) < 4.78 is 10.5. The second kappa shape index (κ2) is 8.02. The van der Waals surface area contributed by atoms with Crippen LogP contribution in [-0.4, -0.2) is 43.3 Å². The molecule has 0 saturated carbocycles. The zero-order valence-electron chi connectivity index (χ0n) is 12.9. The summed E-state index contributed by atoms with van der Waals surface area (Å²) in [7, 11) is 2.03. The molecule has 0 unspecified atom stereocenters. The number of esters is 1. The van der Waals surface area contributed by atoms with Crippen molar-refractivity contribution < 1.29 is 14.3 Å². The van der Waals surface area contributed by atoms with Gasteiger partial charge in [-0.3, -0.25) is 4.90 Å². The van der Waals surface area contributed by atoms with E-state index in [0.29, 0.717) is 6.61 Å². The van der Waals surface area contributed by atoms with E-state index < -0.39 is 5.60 Å². The first kappa shape index (κ1) is 16.7. The van der Waals surface area contributed by atoms with Gasteiger partial charge in [-0.25, -0.2) is 4.79 Å². The molecule has 0 aromatic heterocycles. The third kappa shape index (κ3) is 7.92. The topological polar surface area (TPSA) is 38.8 Å². The van der Waals surface area contributed by atoms with Crippen molar-refractivity contribution in [3.8, 4) is 0 Å². The summed E-state index contributed by atoms with van der Waals surface area (Å²) in [6, 6.07) is 10.3. The van der Waals surface area contributed by atoms with Gasteiger partial charge in [0, 0.05) is 13.1 Å². The first-order valence-corrected chi connectivity index (χ1v) is 6.89. The Morgan fingerprint density at radius 3 is 2.45 bits per heavy atom. The van der Waals surface area contributed by atoms with Crippen LogP contribution in [-0.2, 0) is 20.8 Å². The summed E-state index contributed by atoms with van der Waals surface area (Å²) in [5.41, 5.74) is 0.812. The van der Waals surface area contributed by atoms with E-state index in [2.05, 4.69) is 17.0 Å². The van der Waals surface area contributed by atoms with Gasteiger partial charge in [0.25, 0.3) is 0 Å². The largest absolute Gasteiger partial charge is 0.458 e. The van der Waals surface area contributed by atoms with E-state index in [4.69, 9.17) is 9.47 Å². The van der Waals surface area contributed by atoms with Crippen LogP contribution in [0, 0.1) is 0 Å². The van der Waals surface area contributed by atoms with Gasteiger partial charge in [-0.15, -0.1) is 0 Å². The van der Waals surface area contributed by atoms with E-state index >= 15 is 0 Å². The monoisotopic (exact) mass is 279 g/mol. The Morgan fingerprint density at radius 2 is 1.85 bits per heavy atom. The summed E-state index contributed by atoms with van der Waals surface area (Å²) in [5, 5.41) is 0. The summed E-state index contributed by atoms with van der Waals surface area (Å²) in [4.78, 5) is 13.6. The van der Waals surface area contributed by atoms with Crippen molar-refractivity contribution in [2.24, 2.45) is 0 Å². The molecule has 0 fully saturated rings. The van der Waals surface area contributed by atoms with Crippen molar-refractivity contribution in [3.05, 3.63) is 35.9 Å². The Labute approximate surface area is 121 Å². The van der Waals surface area contributed by atoms with Crippen LogP contribution in [0.1, 0.15) is 26.3 Å². The van der Waals surface area contributed by atoms with Gasteiger partial charge >= 0.3 is 5.97 Å². The number of carbonyl (C=O) groups is 1. The number of ether oxygens (including phenoxy) is 2. The maximum absolute atomic E-state index is 11.4. The van der Waals surface area contributed by atoms with Gasteiger partial charge < -0.3 is 9.47 Å². The van der Waals surface area contributed by atoms with Gasteiger partial charge in [-0.1, -0.05) is 30.3 Å². The van der Waals surface area contributed by atoms with E-state index in [9.17, 15) is 4.79 Å². The number of likely N-dealkylation sites (N-methyl/N-ethyl adjacent to an activating group) is 1. The molecule has 1 aromatic carbocycles. The van der Waals surface area contributed by atoms with Crippen LogP contribution < -0.4 is 0 Å². The molecule has 112 valence electrons. The first-order valence-electron chi connectivity index (χ1n) is 6.89. The van der Waals surface area contributed by atoms with Gasteiger partial charge in [-0.2, -0.15) is 0 Å². The molecule has 0 aliphatic carbocycles. The normalized spacial score (nSPS) is 11.7. The maximum atomic E-state index is 11.4. The molecule has 0 amide bonds. The molecular formula is C16H25NO3. The average Bonchev–Trinajstić information content (AvgIpc) is 2.34. The molecular weight excluding hydrogens is 254 g/mol. The van der Waals surface area contributed by atoms with Crippen molar-refractivity contribution in [3.63, 3.8) is 0 Å². The number of benzene rings is 1. The lowest BCUT2D eigenvalue weighted by Gasteiger charge is -2.20. The maximum Gasteiger partial charge on any atom is 0.332 e. The lowest BCUT2D eigenvalue weighted by atomic mass is 10.2. The minimum atomic E-state index is -0.454. The summed E-state index contributed by atoms with van der Waals surface area (Å²) in [6.45, 7) is 7.71. The van der Waals surface area contributed by atoms with Crippen molar-refractivity contribution in [2.45, 2.75) is 32.9 Å². The zero-order chi connectivity index (χ0) is 15.0. The van der Waals surface area contributed by atoms with Gasteiger partial charge in [0.15, 0.2) is 0 Å². The van der Waals surface area contributed by atoms with Crippen molar-refractivity contribution in [1.82, 2.24) is 4.90 Å². The van der Waals surface area contributed by atoms with Crippen molar-refractivity contribution >= 4 is 5.97 Å². The molecule has 0 spiro atoms. The fraction of sp³-hybridized carbons (Fsp3) is 0.562. The summed E-state index contributed by atoms with van der Waals surface area (Å²) in [6.07, 6.45) is 0. The third-order valence-electron chi connectivity index (χ3n) is 2.55. The van der Waals surface area contributed by atoms with Gasteiger partial charge in [0.1, 0.15) is 12.2 Å². The van der Waals surface area contributed by atoms with Crippen LogP contribution in [0.15, 0.2) is 30.3 Å². The SMILES string of the molecule is CN(CCOCC(=O)OC(C)(C)C)Cc1ccccc1. The molecule has 0 saturated heterocycles. The van der Waals surface area contributed by atoms with Gasteiger partial charge in [0.05, 0.1) is 6.61 Å². The summed E-state index contributed by atoms with van der Waals surface area (Å²) in [5.74, 6) is -0.316. The molecule has 1 rings (SSSR count). The highest BCUT2D eigenvalue weighted by atomic mass is 16.6. The molecule has 0 bridgehead atoms. The van der Waals surface area contributed by atoms with Crippen molar-refractivity contribution in [1.29, 1.82) is 0 Å². The number of nitrogens with zero attached hydrogens (tertiary/aromatic N) is 1. The zero-order valence-corrected chi connectivity index (χ0v) is 12.9. The van der Waals surface area contributed by atoms with Gasteiger partial charge in [-0.05, 0) is 33.4 Å². The Bertz CT molecular complexity index is 398.